The van der Waals surface area contributed by atoms with Crippen molar-refractivity contribution in [3.05, 3.63) is 57.2 Å². The summed E-state index contributed by atoms with van der Waals surface area (Å²) < 4.78 is 10.6. The molecule has 0 bridgehead atoms. The maximum Gasteiger partial charge on any atom is 0.293 e. The number of para-hydroxylation sites is 1. The third-order valence-electron chi connectivity index (χ3n) is 3.87. The van der Waals surface area contributed by atoms with Crippen LogP contribution in [-0.4, -0.2) is 41.2 Å². The Balaban J connectivity index is 1.81. The van der Waals surface area contributed by atoms with Gasteiger partial charge in [-0.25, -0.2) is 0 Å². The highest BCUT2D eigenvalue weighted by atomic mass is 32.2. The number of imide groups is 1. The van der Waals surface area contributed by atoms with Gasteiger partial charge in [0.1, 0.15) is 11.5 Å². The number of hydrogen-bond donors (Lipinski definition) is 0. The fourth-order valence-corrected chi connectivity index (χ4v) is 3.45. The summed E-state index contributed by atoms with van der Waals surface area (Å²) in [7, 11) is 1.55. The second-order valence-electron chi connectivity index (χ2n) is 5.66. The highest BCUT2D eigenvalue weighted by molar-refractivity contribution is 8.18. The van der Waals surface area contributed by atoms with Gasteiger partial charge in [-0.2, -0.15) is 0 Å². The SMILES string of the molecule is COCCCN1C(=O)S/C(=C\c2ccc(-c3ccccc3[N+](=O)[O-])o2)C1=O. The summed E-state index contributed by atoms with van der Waals surface area (Å²) in [6.45, 7) is 0.744. The van der Waals surface area contributed by atoms with E-state index in [4.69, 9.17) is 9.15 Å². The number of amides is 2. The summed E-state index contributed by atoms with van der Waals surface area (Å²) in [5.74, 6) is 0.267. The van der Waals surface area contributed by atoms with Gasteiger partial charge in [-0.3, -0.25) is 24.6 Å². The largest absolute Gasteiger partial charge is 0.456 e. The Kier molecular flexibility index (Phi) is 5.72. The minimum atomic E-state index is -0.483. The molecule has 3 rings (SSSR count). The smallest absolute Gasteiger partial charge is 0.293 e. The van der Waals surface area contributed by atoms with Crippen molar-refractivity contribution < 1.29 is 23.7 Å². The first kappa shape index (κ1) is 18.9. The van der Waals surface area contributed by atoms with Gasteiger partial charge in [-0.15, -0.1) is 0 Å². The Labute approximate surface area is 158 Å². The Bertz CT molecular complexity index is 920. The summed E-state index contributed by atoms with van der Waals surface area (Å²) in [4.78, 5) is 36.5. The second kappa shape index (κ2) is 8.19. The van der Waals surface area contributed by atoms with Crippen LogP contribution in [0.3, 0.4) is 0 Å². The molecule has 0 aliphatic carbocycles. The molecular weight excluding hydrogens is 372 g/mol. The van der Waals surface area contributed by atoms with E-state index in [1.54, 1.807) is 37.4 Å². The summed E-state index contributed by atoms with van der Waals surface area (Å²) in [5.41, 5.74) is 0.270. The minimum Gasteiger partial charge on any atom is -0.456 e. The molecule has 2 aromatic rings. The van der Waals surface area contributed by atoms with Gasteiger partial charge in [-0.05, 0) is 36.4 Å². The number of carbonyl (C=O) groups is 2. The number of ether oxygens (including phenoxy) is 1. The monoisotopic (exact) mass is 388 g/mol. The molecule has 0 unspecified atom stereocenters. The van der Waals surface area contributed by atoms with Crippen molar-refractivity contribution >= 4 is 34.7 Å². The average molecular weight is 388 g/mol. The molecule has 0 spiro atoms. The molecular formula is C18H16N2O6S. The molecule has 0 saturated carbocycles. The molecule has 1 aliphatic heterocycles. The van der Waals surface area contributed by atoms with Crippen LogP contribution >= 0.6 is 11.8 Å². The fraction of sp³-hybridized carbons (Fsp3) is 0.222. The lowest BCUT2D eigenvalue weighted by Gasteiger charge is -2.11. The molecule has 0 radical (unpaired) electrons. The van der Waals surface area contributed by atoms with Crippen molar-refractivity contribution in [2.45, 2.75) is 6.42 Å². The van der Waals surface area contributed by atoms with E-state index in [1.165, 1.54) is 17.0 Å². The van der Waals surface area contributed by atoms with Crippen LogP contribution in [0.15, 0.2) is 45.7 Å². The van der Waals surface area contributed by atoms with Crippen molar-refractivity contribution in [1.29, 1.82) is 0 Å². The van der Waals surface area contributed by atoms with Crippen LogP contribution in [0.5, 0.6) is 0 Å². The maximum atomic E-state index is 12.4. The highest BCUT2D eigenvalue weighted by Crippen LogP contribution is 2.35. The number of methoxy groups -OCH3 is 1. The number of nitrogens with zero attached hydrogens (tertiary/aromatic N) is 2. The first-order valence-electron chi connectivity index (χ1n) is 8.09. The zero-order chi connectivity index (χ0) is 19.4. The predicted octanol–water partition coefficient (Wildman–Crippen LogP) is 3.93. The quantitative estimate of drug-likeness (QED) is 0.306. The zero-order valence-corrected chi connectivity index (χ0v) is 15.2. The van der Waals surface area contributed by atoms with E-state index >= 15 is 0 Å². The van der Waals surface area contributed by atoms with E-state index in [0.717, 1.165) is 11.8 Å². The Morgan fingerprint density at radius 1 is 1.26 bits per heavy atom. The van der Waals surface area contributed by atoms with Crippen LogP contribution < -0.4 is 0 Å². The standard InChI is InChI=1S/C18H16N2O6S/c1-25-10-4-9-19-17(21)16(27-18(19)22)11-12-7-8-15(26-12)13-5-2-3-6-14(13)20(23)24/h2-3,5-8,11H,4,9-10H2,1H3/b16-11-. The number of nitro groups is 1. The molecule has 1 fully saturated rings. The van der Waals surface area contributed by atoms with Gasteiger partial charge >= 0.3 is 0 Å². The number of hydrogen-bond acceptors (Lipinski definition) is 7. The van der Waals surface area contributed by atoms with Crippen molar-refractivity contribution in [2.75, 3.05) is 20.3 Å². The second-order valence-corrected chi connectivity index (χ2v) is 6.65. The van der Waals surface area contributed by atoms with Crippen molar-refractivity contribution in [2.24, 2.45) is 0 Å². The molecule has 27 heavy (non-hydrogen) atoms. The third kappa shape index (κ3) is 4.09. The van der Waals surface area contributed by atoms with Gasteiger partial charge in [0, 0.05) is 32.4 Å². The lowest BCUT2D eigenvalue weighted by Crippen LogP contribution is -2.29. The lowest BCUT2D eigenvalue weighted by molar-refractivity contribution is -0.384. The number of benzene rings is 1. The molecule has 1 aromatic heterocycles. The predicted molar refractivity (Wildman–Crippen MR) is 100.0 cm³/mol. The molecule has 2 amide bonds. The topological polar surface area (TPSA) is 103 Å². The fourth-order valence-electron chi connectivity index (χ4n) is 2.61. The van der Waals surface area contributed by atoms with Crippen LogP contribution in [0.4, 0.5) is 10.5 Å². The van der Waals surface area contributed by atoms with Crippen molar-refractivity contribution in [3.63, 3.8) is 0 Å². The maximum absolute atomic E-state index is 12.4. The van der Waals surface area contributed by atoms with E-state index in [9.17, 15) is 19.7 Å². The summed E-state index contributed by atoms with van der Waals surface area (Å²) in [5, 5.41) is 10.8. The number of thioether (sulfide) groups is 1. The number of rotatable bonds is 7. The molecule has 140 valence electrons. The Morgan fingerprint density at radius 3 is 2.78 bits per heavy atom. The molecule has 1 aromatic carbocycles. The van der Waals surface area contributed by atoms with Crippen LogP contribution in [0.25, 0.3) is 17.4 Å². The molecule has 2 heterocycles. The first-order valence-corrected chi connectivity index (χ1v) is 8.91. The van der Waals surface area contributed by atoms with Gasteiger partial charge in [0.25, 0.3) is 16.8 Å². The van der Waals surface area contributed by atoms with Crippen LogP contribution in [0.1, 0.15) is 12.2 Å². The average Bonchev–Trinajstić information content (AvgIpc) is 3.22. The van der Waals surface area contributed by atoms with Crippen LogP contribution in [0.2, 0.25) is 0 Å². The summed E-state index contributed by atoms with van der Waals surface area (Å²) in [6, 6.07) is 9.43. The van der Waals surface area contributed by atoms with E-state index in [2.05, 4.69) is 0 Å². The summed E-state index contributed by atoms with van der Waals surface area (Å²) >= 11 is 0.837. The van der Waals surface area contributed by atoms with Gasteiger partial charge in [0.15, 0.2) is 0 Å². The van der Waals surface area contributed by atoms with Gasteiger partial charge in [-0.1, -0.05) is 12.1 Å². The van der Waals surface area contributed by atoms with E-state index in [0.29, 0.717) is 30.1 Å². The normalized spacial score (nSPS) is 15.7. The van der Waals surface area contributed by atoms with E-state index in [-0.39, 0.29) is 28.3 Å². The van der Waals surface area contributed by atoms with Crippen LogP contribution in [0, 0.1) is 10.1 Å². The highest BCUT2D eigenvalue weighted by Gasteiger charge is 2.34. The van der Waals surface area contributed by atoms with Gasteiger partial charge in [0.05, 0.1) is 15.4 Å². The van der Waals surface area contributed by atoms with E-state index in [1.807, 2.05) is 0 Å². The number of furan rings is 1. The van der Waals surface area contributed by atoms with Gasteiger partial charge in [0.2, 0.25) is 0 Å². The zero-order valence-electron chi connectivity index (χ0n) is 14.4. The third-order valence-corrected chi connectivity index (χ3v) is 4.78. The summed E-state index contributed by atoms with van der Waals surface area (Å²) in [6.07, 6.45) is 2.03. The minimum absolute atomic E-state index is 0.0723. The van der Waals surface area contributed by atoms with Crippen molar-refractivity contribution in [3.8, 4) is 11.3 Å². The van der Waals surface area contributed by atoms with E-state index < -0.39 is 4.92 Å². The molecule has 1 saturated heterocycles. The molecule has 0 N–H and O–H groups in total. The van der Waals surface area contributed by atoms with Crippen molar-refractivity contribution in [1.82, 2.24) is 4.90 Å². The Morgan fingerprint density at radius 2 is 2.04 bits per heavy atom. The van der Waals surface area contributed by atoms with Crippen LogP contribution in [-0.2, 0) is 9.53 Å². The molecule has 8 nitrogen and oxygen atoms in total. The molecule has 9 heteroatoms. The van der Waals surface area contributed by atoms with Gasteiger partial charge < -0.3 is 9.15 Å². The number of carbonyl (C=O) groups excluding carboxylic acids is 2. The molecule has 0 atom stereocenters. The first-order chi connectivity index (χ1) is 13.0. The Hall–Kier alpha value is -2.91. The molecule has 1 aliphatic rings. The lowest BCUT2D eigenvalue weighted by atomic mass is 10.1. The number of nitro benzene ring substituents is 1.